The van der Waals surface area contributed by atoms with Crippen molar-refractivity contribution in [2.75, 3.05) is 28.4 Å². The molecule has 0 bridgehead atoms. The van der Waals surface area contributed by atoms with Crippen molar-refractivity contribution in [2.45, 2.75) is 18.9 Å². The summed E-state index contributed by atoms with van der Waals surface area (Å²) in [6.07, 6.45) is 2.34. The molecule has 0 saturated heterocycles. The fraction of sp³-hybridized carbons (Fsp3) is 0.500. The zero-order chi connectivity index (χ0) is 15.9. The molecular formula is C14H21NO5Si. The maximum atomic E-state index is 8.58. The Hall–Kier alpha value is -1.59. The van der Waals surface area contributed by atoms with Crippen LogP contribution < -0.4 is 9.47 Å². The minimum Gasteiger partial charge on any atom is -0.493 e. The molecule has 0 aliphatic carbocycles. The van der Waals surface area contributed by atoms with Gasteiger partial charge in [-0.1, -0.05) is 13.0 Å². The smallest absolute Gasteiger partial charge is 0.493 e. The van der Waals surface area contributed by atoms with Crippen LogP contribution in [0.1, 0.15) is 12.5 Å². The van der Waals surface area contributed by atoms with E-state index in [1.807, 2.05) is 19.1 Å². The standard InChI is InChI=1S/C14H21NO5Si/c1-11(21(17-3,18-4)19-5)8-12-6-7-13(20-10-15)14(9-12)16-2/h6-7,9,11H,8H2,1-5H3. The number of rotatable bonds is 8. The second kappa shape index (κ2) is 8.00. The van der Waals surface area contributed by atoms with Gasteiger partial charge in [0.15, 0.2) is 11.5 Å². The number of methoxy groups -OCH3 is 1. The molecule has 1 unspecified atom stereocenters. The van der Waals surface area contributed by atoms with E-state index in [0.717, 1.165) is 5.56 Å². The fourth-order valence-corrected chi connectivity index (χ4v) is 4.50. The summed E-state index contributed by atoms with van der Waals surface area (Å²) in [5.41, 5.74) is 1.10. The van der Waals surface area contributed by atoms with E-state index in [0.29, 0.717) is 17.9 Å². The minimum atomic E-state index is -2.68. The topological polar surface area (TPSA) is 69.9 Å². The first-order valence-corrected chi connectivity index (χ1v) is 8.25. The van der Waals surface area contributed by atoms with Crippen molar-refractivity contribution < 1.29 is 22.8 Å². The van der Waals surface area contributed by atoms with Gasteiger partial charge in [-0.25, -0.2) is 0 Å². The van der Waals surface area contributed by atoms with Gasteiger partial charge in [0, 0.05) is 26.9 Å². The van der Waals surface area contributed by atoms with Crippen molar-refractivity contribution >= 4 is 8.80 Å². The number of benzene rings is 1. The number of nitrogens with zero attached hydrogens (tertiary/aromatic N) is 1. The van der Waals surface area contributed by atoms with Crippen LogP contribution in [0.3, 0.4) is 0 Å². The maximum Gasteiger partial charge on any atom is 0.503 e. The lowest BCUT2D eigenvalue weighted by atomic mass is 10.1. The molecule has 7 heteroatoms. The quantitative estimate of drug-likeness (QED) is 0.542. The molecule has 1 rings (SSSR count). The molecule has 1 atom stereocenters. The van der Waals surface area contributed by atoms with E-state index in [1.54, 1.807) is 33.7 Å². The molecule has 1 aromatic carbocycles. The van der Waals surface area contributed by atoms with Crippen LogP contribution in [-0.4, -0.2) is 37.2 Å². The van der Waals surface area contributed by atoms with Crippen molar-refractivity contribution in [3.8, 4) is 17.8 Å². The molecule has 0 fully saturated rings. The lowest BCUT2D eigenvalue weighted by molar-refractivity contribution is 0.113. The Kier molecular flexibility index (Phi) is 6.65. The Morgan fingerprint density at radius 2 is 1.71 bits per heavy atom. The maximum absolute atomic E-state index is 8.58. The summed E-state index contributed by atoms with van der Waals surface area (Å²) in [5, 5.41) is 8.58. The molecule has 0 saturated carbocycles. The van der Waals surface area contributed by atoms with E-state index < -0.39 is 8.80 Å². The van der Waals surface area contributed by atoms with Crippen molar-refractivity contribution in [3.63, 3.8) is 0 Å². The number of hydrogen-bond donors (Lipinski definition) is 0. The number of ether oxygens (including phenoxy) is 2. The zero-order valence-electron chi connectivity index (χ0n) is 13.0. The van der Waals surface area contributed by atoms with Crippen LogP contribution in [0, 0.1) is 11.5 Å². The van der Waals surface area contributed by atoms with Gasteiger partial charge >= 0.3 is 8.80 Å². The molecule has 116 valence electrons. The van der Waals surface area contributed by atoms with Gasteiger partial charge in [0.2, 0.25) is 0 Å². The molecule has 0 amide bonds. The van der Waals surface area contributed by atoms with Crippen LogP contribution in [-0.2, 0) is 19.7 Å². The summed E-state index contributed by atoms with van der Waals surface area (Å²) < 4.78 is 26.5. The van der Waals surface area contributed by atoms with Gasteiger partial charge in [-0.2, -0.15) is 0 Å². The summed E-state index contributed by atoms with van der Waals surface area (Å²) >= 11 is 0. The van der Waals surface area contributed by atoms with E-state index in [9.17, 15) is 0 Å². The van der Waals surface area contributed by atoms with Crippen LogP contribution in [0.5, 0.6) is 11.5 Å². The third-order valence-electron chi connectivity index (χ3n) is 3.38. The number of nitriles is 1. The van der Waals surface area contributed by atoms with Crippen molar-refractivity contribution in [3.05, 3.63) is 23.8 Å². The minimum absolute atomic E-state index is 0.0740. The predicted octanol–water partition coefficient (Wildman–Crippen LogP) is 2.37. The zero-order valence-corrected chi connectivity index (χ0v) is 14.0. The average Bonchev–Trinajstić information content (AvgIpc) is 2.51. The molecule has 0 spiro atoms. The lowest BCUT2D eigenvalue weighted by Gasteiger charge is -2.30. The summed E-state index contributed by atoms with van der Waals surface area (Å²) in [6.45, 7) is 2.02. The summed E-state index contributed by atoms with van der Waals surface area (Å²) in [6, 6.07) is 5.43. The van der Waals surface area contributed by atoms with Gasteiger partial charge < -0.3 is 22.8 Å². The molecule has 0 aliphatic rings. The van der Waals surface area contributed by atoms with Gasteiger partial charge in [0.1, 0.15) is 0 Å². The largest absolute Gasteiger partial charge is 0.503 e. The monoisotopic (exact) mass is 311 g/mol. The highest BCUT2D eigenvalue weighted by atomic mass is 28.4. The Morgan fingerprint density at radius 1 is 1.10 bits per heavy atom. The van der Waals surface area contributed by atoms with Crippen molar-refractivity contribution in [1.29, 1.82) is 5.26 Å². The summed E-state index contributed by atoms with van der Waals surface area (Å²) in [7, 11) is 3.64. The van der Waals surface area contributed by atoms with Crippen LogP contribution in [0.4, 0.5) is 0 Å². The van der Waals surface area contributed by atoms with Crippen LogP contribution >= 0.6 is 0 Å². The first-order chi connectivity index (χ1) is 10.1. The first-order valence-electron chi connectivity index (χ1n) is 6.45. The third kappa shape index (κ3) is 3.95. The molecule has 1 aromatic rings. The second-order valence-electron chi connectivity index (χ2n) is 4.50. The second-order valence-corrected chi connectivity index (χ2v) is 7.92. The summed E-state index contributed by atoms with van der Waals surface area (Å²) in [5.74, 6) is 0.908. The molecule has 0 aromatic heterocycles. The molecular weight excluding hydrogens is 290 g/mol. The van der Waals surface area contributed by atoms with Crippen LogP contribution in [0.2, 0.25) is 5.54 Å². The Bertz CT molecular complexity index is 490. The average molecular weight is 311 g/mol. The molecule has 6 nitrogen and oxygen atoms in total. The highest BCUT2D eigenvalue weighted by Gasteiger charge is 2.44. The van der Waals surface area contributed by atoms with Crippen LogP contribution in [0.25, 0.3) is 0 Å². The van der Waals surface area contributed by atoms with Gasteiger partial charge in [0.05, 0.1) is 7.11 Å². The molecule has 21 heavy (non-hydrogen) atoms. The van der Waals surface area contributed by atoms with E-state index in [2.05, 4.69) is 0 Å². The van der Waals surface area contributed by atoms with E-state index >= 15 is 0 Å². The van der Waals surface area contributed by atoms with E-state index in [1.165, 1.54) is 7.11 Å². The fourth-order valence-electron chi connectivity index (χ4n) is 2.30. The summed E-state index contributed by atoms with van der Waals surface area (Å²) in [4.78, 5) is 0. The first kappa shape index (κ1) is 17.5. The molecule has 0 aliphatic heterocycles. The van der Waals surface area contributed by atoms with Gasteiger partial charge in [-0.3, -0.25) is 0 Å². The molecule has 0 heterocycles. The highest BCUT2D eigenvalue weighted by molar-refractivity contribution is 6.62. The molecule has 0 N–H and O–H groups in total. The highest BCUT2D eigenvalue weighted by Crippen LogP contribution is 2.32. The Morgan fingerprint density at radius 3 is 2.19 bits per heavy atom. The Labute approximate surface area is 126 Å². The van der Waals surface area contributed by atoms with Crippen molar-refractivity contribution in [2.24, 2.45) is 0 Å². The normalized spacial score (nSPS) is 12.6. The van der Waals surface area contributed by atoms with E-state index in [4.69, 9.17) is 28.0 Å². The van der Waals surface area contributed by atoms with Gasteiger partial charge in [-0.05, 0) is 24.1 Å². The van der Waals surface area contributed by atoms with E-state index in [-0.39, 0.29) is 5.54 Å². The van der Waals surface area contributed by atoms with Gasteiger partial charge in [-0.15, -0.1) is 5.26 Å². The third-order valence-corrected chi connectivity index (χ3v) is 6.50. The van der Waals surface area contributed by atoms with Gasteiger partial charge in [0.25, 0.3) is 6.26 Å². The number of hydrogen-bond acceptors (Lipinski definition) is 6. The predicted molar refractivity (Wildman–Crippen MR) is 79.1 cm³/mol. The van der Waals surface area contributed by atoms with Crippen molar-refractivity contribution in [1.82, 2.24) is 0 Å². The Balaban J connectivity index is 2.95. The van der Waals surface area contributed by atoms with Crippen LogP contribution in [0.15, 0.2) is 18.2 Å². The molecule has 0 radical (unpaired) electrons. The SMILES string of the molecule is COc1cc(CC(C)[Si](OC)(OC)OC)ccc1OC#N. The lowest BCUT2D eigenvalue weighted by Crippen LogP contribution is -2.47.